The van der Waals surface area contributed by atoms with Crippen molar-refractivity contribution in [3.63, 3.8) is 0 Å². The van der Waals surface area contributed by atoms with Crippen molar-refractivity contribution in [3.8, 4) is 5.75 Å². The SMILES string of the molecule is COc1ccc2nccc(C(F)CC[C@@H]3CCN(CCCSc4nccs4)C[C@@H]3CCC(=O)O)c2c1. The van der Waals surface area contributed by atoms with Crippen LogP contribution in [0.1, 0.15) is 50.3 Å². The molecule has 3 aromatic rings. The molecule has 1 fully saturated rings. The first-order valence-corrected chi connectivity index (χ1v) is 14.4. The summed E-state index contributed by atoms with van der Waals surface area (Å²) in [5, 5.41) is 12.1. The van der Waals surface area contributed by atoms with Crippen molar-refractivity contribution < 1.29 is 19.0 Å². The molecule has 2 aromatic heterocycles. The first-order valence-electron chi connectivity index (χ1n) is 12.6. The maximum absolute atomic E-state index is 15.5. The molecule has 0 radical (unpaired) electrons. The van der Waals surface area contributed by atoms with Gasteiger partial charge in [0, 0.05) is 41.9 Å². The van der Waals surface area contributed by atoms with Gasteiger partial charge in [0.15, 0.2) is 0 Å². The number of carbonyl (C=O) groups is 1. The molecule has 1 unspecified atom stereocenters. The van der Waals surface area contributed by atoms with E-state index in [-0.39, 0.29) is 12.3 Å². The second-order valence-corrected chi connectivity index (χ2v) is 11.6. The second-order valence-electron chi connectivity index (χ2n) is 9.37. The molecule has 6 nitrogen and oxygen atoms in total. The van der Waals surface area contributed by atoms with Gasteiger partial charge in [-0.15, -0.1) is 11.3 Å². The molecule has 1 saturated heterocycles. The molecule has 36 heavy (non-hydrogen) atoms. The minimum Gasteiger partial charge on any atom is -0.497 e. The van der Waals surface area contributed by atoms with Gasteiger partial charge in [-0.3, -0.25) is 9.78 Å². The third-order valence-corrected chi connectivity index (χ3v) is 9.12. The number of thioether (sulfide) groups is 1. The van der Waals surface area contributed by atoms with E-state index >= 15 is 4.39 Å². The Labute approximate surface area is 220 Å². The summed E-state index contributed by atoms with van der Waals surface area (Å²) >= 11 is 3.46. The summed E-state index contributed by atoms with van der Waals surface area (Å²) in [6.07, 6.45) is 6.47. The van der Waals surface area contributed by atoms with Crippen LogP contribution in [0.5, 0.6) is 5.75 Å². The minimum absolute atomic E-state index is 0.169. The van der Waals surface area contributed by atoms with Crippen molar-refractivity contribution >= 4 is 40.0 Å². The fourth-order valence-corrected chi connectivity index (χ4v) is 6.80. The lowest BCUT2D eigenvalue weighted by molar-refractivity contribution is -0.137. The van der Waals surface area contributed by atoms with Gasteiger partial charge in [-0.25, -0.2) is 9.37 Å². The Bertz CT molecular complexity index is 1110. The van der Waals surface area contributed by atoms with Crippen LogP contribution in [0.2, 0.25) is 0 Å². The number of aromatic nitrogens is 2. The number of likely N-dealkylation sites (tertiary alicyclic amines) is 1. The van der Waals surface area contributed by atoms with E-state index in [0.29, 0.717) is 30.1 Å². The number of hydrogen-bond acceptors (Lipinski definition) is 7. The molecule has 3 heterocycles. The number of piperidine rings is 1. The predicted molar refractivity (Wildman–Crippen MR) is 144 cm³/mol. The fraction of sp³-hybridized carbons (Fsp3) is 0.519. The van der Waals surface area contributed by atoms with Crippen molar-refractivity contribution in [2.24, 2.45) is 11.8 Å². The number of thiazole rings is 1. The number of benzene rings is 1. The molecule has 0 aliphatic carbocycles. The number of hydrogen-bond donors (Lipinski definition) is 1. The summed E-state index contributed by atoms with van der Waals surface area (Å²) in [7, 11) is 1.60. The van der Waals surface area contributed by atoms with Crippen LogP contribution in [-0.4, -0.2) is 58.4 Å². The highest BCUT2D eigenvalue weighted by molar-refractivity contribution is 8.00. The summed E-state index contributed by atoms with van der Waals surface area (Å²) in [6.45, 7) is 2.89. The van der Waals surface area contributed by atoms with E-state index in [1.54, 1.807) is 42.5 Å². The van der Waals surface area contributed by atoms with Gasteiger partial charge < -0.3 is 14.7 Å². The molecule has 0 spiro atoms. The summed E-state index contributed by atoms with van der Waals surface area (Å²) in [5.74, 6) is 1.58. The normalized spacial score (nSPS) is 19.4. The Balaban J connectivity index is 1.33. The monoisotopic (exact) mass is 531 g/mol. The highest BCUT2D eigenvalue weighted by Crippen LogP contribution is 2.36. The number of carboxylic acids is 1. The minimum atomic E-state index is -1.09. The van der Waals surface area contributed by atoms with Crippen LogP contribution in [0, 0.1) is 11.8 Å². The van der Waals surface area contributed by atoms with Crippen LogP contribution in [-0.2, 0) is 4.79 Å². The lowest BCUT2D eigenvalue weighted by atomic mass is 9.79. The molecular weight excluding hydrogens is 497 g/mol. The molecule has 0 bridgehead atoms. The average Bonchev–Trinajstić information content (AvgIpc) is 3.42. The van der Waals surface area contributed by atoms with Gasteiger partial charge in [0.2, 0.25) is 0 Å². The zero-order valence-corrected chi connectivity index (χ0v) is 22.3. The van der Waals surface area contributed by atoms with E-state index < -0.39 is 12.1 Å². The van der Waals surface area contributed by atoms with E-state index in [4.69, 9.17) is 4.74 Å². The quantitative estimate of drug-likeness (QED) is 0.200. The van der Waals surface area contributed by atoms with Gasteiger partial charge in [-0.2, -0.15) is 0 Å². The summed E-state index contributed by atoms with van der Waals surface area (Å²) in [6, 6.07) is 7.31. The molecule has 1 aromatic carbocycles. The zero-order valence-electron chi connectivity index (χ0n) is 20.6. The number of alkyl halides is 1. The number of nitrogens with zero attached hydrogens (tertiary/aromatic N) is 3. The number of fused-ring (bicyclic) bond motifs is 1. The van der Waals surface area contributed by atoms with E-state index in [0.717, 1.165) is 59.9 Å². The number of methoxy groups -OCH3 is 1. The smallest absolute Gasteiger partial charge is 0.303 e. The Kier molecular flexibility index (Phi) is 9.95. The van der Waals surface area contributed by atoms with Crippen molar-refractivity contribution in [1.29, 1.82) is 0 Å². The summed E-state index contributed by atoms with van der Waals surface area (Å²) < 4.78 is 22.0. The van der Waals surface area contributed by atoms with E-state index in [2.05, 4.69) is 14.9 Å². The van der Waals surface area contributed by atoms with Crippen LogP contribution in [0.4, 0.5) is 4.39 Å². The lowest BCUT2D eigenvalue weighted by Gasteiger charge is -2.39. The average molecular weight is 532 g/mol. The van der Waals surface area contributed by atoms with Crippen molar-refractivity contribution in [3.05, 3.63) is 47.6 Å². The van der Waals surface area contributed by atoms with E-state index in [9.17, 15) is 9.90 Å². The molecule has 0 amide bonds. The van der Waals surface area contributed by atoms with Crippen LogP contribution < -0.4 is 4.74 Å². The highest BCUT2D eigenvalue weighted by Gasteiger charge is 2.30. The van der Waals surface area contributed by atoms with Crippen molar-refractivity contribution in [2.45, 2.75) is 49.0 Å². The van der Waals surface area contributed by atoms with Gasteiger partial charge >= 0.3 is 5.97 Å². The largest absolute Gasteiger partial charge is 0.497 e. The number of carboxylic acid groups (broad SMARTS) is 1. The zero-order chi connectivity index (χ0) is 25.3. The van der Waals surface area contributed by atoms with E-state index in [1.165, 1.54) is 0 Å². The highest BCUT2D eigenvalue weighted by atomic mass is 32.2. The molecule has 1 N–H and O–H groups in total. The third-order valence-electron chi connectivity index (χ3n) is 7.07. The number of pyridine rings is 1. The molecule has 1 aliphatic heterocycles. The maximum atomic E-state index is 15.5. The molecule has 0 saturated carbocycles. The fourth-order valence-electron chi connectivity index (χ4n) is 5.17. The second kappa shape index (κ2) is 13.4. The van der Waals surface area contributed by atoms with Gasteiger partial charge in [0.25, 0.3) is 0 Å². The van der Waals surface area contributed by atoms with Gasteiger partial charge in [0.1, 0.15) is 16.3 Å². The first-order chi connectivity index (χ1) is 17.5. The Morgan fingerprint density at radius 2 is 2.17 bits per heavy atom. The molecular formula is C27H34FN3O3S2. The van der Waals surface area contributed by atoms with Gasteiger partial charge in [-0.05, 0) is 86.9 Å². The molecule has 1 aliphatic rings. The van der Waals surface area contributed by atoms with Crippen molar-refractivity contribution in [1.82, 2.24) is 14.9 Å². The van der Waals surface area contributed by atoms with Crippen molar-refractivity contribution in [2.75, 3.05) is 32.5 Å². The lowest BCUT2D eigenvalue weighted by Crippen LogP contribution is -2.41. The Morgan fingerprint density at radius 1 is 1.28 bits per heavy atom. The summed E-state index contributed by atoms with van der Waals surface area (Å²) in [5.41, 5.74) is 1.41. The Hall–Kier alpha value is -2.23. The first kappa shape index (κ1) is 26.8. The van der Waals surface area contributed by atoms with E-state index in [1.807, 2.05) is 29.8 Å². The van der Waals surface area contributed by atoms with Crippen LogP contribution in [0.3, 0.4) is 0 Å². The number of ether oxygens (including phenoxy) is 1. The third kappa shape index (κ3) is 7.40. The number of aliphatic carboxylic acids is 1. The van der Waals surface area contributed by atoms with Crippen LogP contribution in [0.15, 0.2) is 46.4 Å². The molecule has 4 rings (SSSR count). The van der Waals surface area contributed by atoms with Gasteiger partial charge in [-0.1, -0.05) is 11.8 Å². The van der Waals surface area contributed by atoms with Crippen LogP contribution >= 0.6 is 23.1 Å². The Morgan fingerprint density at radius 3 is 2.94 bits per heavy atom. The predicted octanol–water partition coefficient (Wildman–Crippen LogP) is 6.48. The molecule has 9 heteroatoms. The summed E-state index contributed by atoms with van der Waals surface area (Å²) in [4.78, 5) is 22.4. The van der Waals surface area contributed by atoms with Gasteiger partial charge in [0.05, 0.1) is 12.6 Å². The molecule has 194 valence electrons. The topological polar surface area (TPSA) is 75.5 Å². The standard InChI is InChI=1S/C27H34FN3O3S2/c1-34-21-5-7-25-23(17-21)22(9-11-29-25)24(28)6-3-19-10-14-31(18-20(19)4-8-26(32)33)13-2-15-35-27-30-12-16-36-27/h5,7,9,11-12,16-17,19-20,24H,2-4,6,8,10,13-15,18H2,1H3,(H,32,33)/t19-,20+,24?/m1/s1. The number of rotatable bonds is 13. The maximum Gasteiger partial charge on any atom is 0.303 e. The number of halogens is 1. The molecule has 3 atom stereocenters. The van der Waals surface area contributed by atoms with Crippen LogP contribution in [0.25, 0.3) is 10.9 Å².